The summed E-state index contributed by atoms with van der Waals surface area (Å²) in [6.45, 7) is 2.75. The normalized spacial score (nSPS) is 33.5. The predicted molar refractivity (Wildman–Crippen MR) is 99.9 cm³/mol. The first-order valence-corrected chi connectivity index (χ1v) is 11.1. The fourth-order valence-corrected chi connectivity index (χ4v) is 6.05. The van der Waals surface area contributed by atoms with Crippen LogP contribution in [0, 0.1) is 23.2 Å². The van der Waals surface area contributed by atoms with Crippen molar-refractivity contribution in [2.75, 3.05) is 24.2 Å². The third kappa shape index (κ3) is 3.06. The SMILES string of the molecule is CC12CN(S(C)(=O)=O)CC(C)(O1)[C@H]1C(=O)N(c3ccc(C#N)c(C(F)(F)F)c3)C(=O)[C@H]12. The molecule has 2 bridgehead atoms. The number of nitrogens with zero attached hydrogens (tertiary/aromatic N) is 3. The summed E-state index contributed by atoms with van der Waals surface area (Å²) in [6, 6.07) is 4.10. The number of hydrogen-bond donors (Lipinski definition) is 0. The van der Waals surface area contributed by atoms with Gasteiger partial charge in [0.05, 0.1) is 52.2 Å². The van der Waals surface area contributed by atoms with Crippen molar-refractivity contribution in [1.82, 2.24) is 4.31 Å². The second kappa shape index (κ2) is 6.27. The third-order valence-corrected chi connectivity index (χ3v) is 7.42. The molecule has 3 fully saturated rings. The lowest BCUT2D eigenvalue weighted by molar-refractivity contribution is -0.157. The van der Waals surface area contributed by atoms with Crippen LogP contribution in [0.2, 0.25) is 0 Å². The van der Waals surface area contributed by atoms with Crippen LogP contribution in [0.5, 0.6) is 0 Å². The van der Waals surface area contributed by atoms with E-state index in [0.717, 1.165) is 22.7 Å². The average molecular weight is 457 g/mol. The number of rotatable bonds is 2. The first-order chi connectivity index (χ1) is 14.1. The Morgan fingerprint density at radius 2 is 1.65 bits per heavy atom. The van der Waals surface area contributed by atoms with Gasteiger partial charge in [-0.1, -0.05) is 0 Å². The molecular weight excluding hydrogens is 439 g/mol. The first kappa shape index (κ1) is 21.7. The maximum absolute atomic E-state index is 13.4. The predicted octanol–water partition coefficient (Wildman–Crippen LogP) is 1.51. The quantitative estimate of drug-likeness (QED) is 0.623. The van der Waals surface area contributed by atoms with Gasteiger partial charge >= 0.3 is 6.18 Å². The molecular formula is C19H18F3N3O5S. The van der Waals surface area contributed by atoms with Crippen LogP contribution in [0.1, 0.15) is 25.0 Å². The van der Waals surface area contributed by atoms with E-state index in [9.17, 15) is 31.2 Å². The summed E-state index contributed by atoms with van der Waals surface area (Å²) in [4.78, 5) is 27.2. The summed E-state index contributed by atoms with van der Waals surface area (Å²) in [5.74, 6) is -3.62. The van der Waals surface area contributed by atoms with Crippen molar-refractivity contribution in [2.24, 2.45) is 11.8 Å². The van der Waals surface area contributed by atoms with Crippen LogP contribution in [0.25, 0.3) is 0 Å². The van der Waals surface area contributed by atoms with E-state index in [1.54, 1.807) is 0 Å². The number of carbonyl (C=O) groups excluding carboxylic acids is 2. The Morgan fingerprint density at radius 3 is 2.06 bits per heavy atom. The highest BCUT2D eigenvalue weighted by Gasteiger charge is 2.72. The van der Waals surface area contributed by atoms with Crippen LogP contribution in [-0.2, 0) is 30.5 Å². The number of nitriles is 1. The number of fused-ring (bicyclic) bond motifs is 5. The molecule has 1 aromatic carbocycles. The van der Waals surface area contributed by atoms with Gasteiger partial charge in [0.25, 0.3) is 0 Å². The van der Waals surface area contributed by atoms with E-state index in [0.29, 0.717) is 11.0 Å². The lowest BCUT2D eigenvalue weighted by Crippen LogP contribution is -2.59. The highest BCUT2D eigenvalue weighted by molar-refractivity contribution is 7.88. The lowest BCUT2D eigenvalue weighted by Gasteiger charge is -2.43. The molecule has 0 aromatic heterocycles. The Morgan fingerprint density at radius 1 is 1.13 bits per heavy atom. The second-order valence-electron chi connectivity index (χ2n) is 8.57. The fraction of sp³-hybridized carbons (Fsp3) is 0.526. The second-order valence-corrected chi connectivity index (χ2v) is 10.5. The minimum atomic E-state index is -4.85. The van der Waals surface area contributed by atoms with Gasteiger partial charge in [-0.15, -0.1) is 0 Å². The van der Waals surface area contributed by atoms with Gasteiger partial charge in [-0.05, 0) is 32.0 Å². The van der Waals surface area contributed by atoms with Crippen LogP contribution in [0.15, 0.2) is 18.2 Å². The Hall–Kier alpha value is -2.49. The monoisotopic (exact) mass is 457 g/mol. The molecule has 12 heteroatoms. The van der Waals surface area contributed by atoms with E-state index < -0.39 is 62.2 Å². The van der Waals surface area contributed by atoms with Gasteiger partial charge in [0.15, 0.2) is 0 Å². The summed E-state index contributed by atoms with van der Waals surface area (Å²) in [6.07, 6.45) is -3.83. The zero-order chi connectivity index (χ0) is 23.1. The largest absolute Gasteiger partial charge is 0.417 e. The molecule has 2 unspecified atom stereocenters. The number of benzene rings is 1. The van der Waals surface area contributed by atoms with Gasteiger partial charge < -0.3 is 4.74 Å². The average Bonchev–Trinajstić information content (AvgIpc) is 2.99. The Labute approximate surface area is 176 Å². The third-order valence-electron chi connectivity index (χ3n) is 6.23. The van der Waals surface area contributed by atoms with Crippen molar-refractivity contribution in [3.63, 3.8) is 0 Å². The summed E-state index contributed by atoms with van der Waals surface area (Å²) in [7, 11) is -3.63. The van der Waals surface area contributed by atoms with E-state index >= 15 is 0 Å². The molecule has 0 radical (unpaired) electrons. The highest BCUT2D eigenvalue weighted by Crippen LogP contribution is 2.56. The van der Waals surface area contributed by atoms with E-state index in [2.05, 4.69) is 0 Å². The summed E-state index contributed by atoms with van der Waals surface area (Å²) < 4.78 is 71.5. The summed E-state index contributed by atoms with van der Waals surface area (Å²) in [5, 5.41) is 8.97. The molecule has 0 N–H and O–H groups in total. The molecule has 0 spiro atoms. The molecule has 8 nitrogen and oxygen atoms in total. The maximum Gasteiger partial charge on any atom is 0.417 e. The minimum absolute atomic E-state index is 0.156. The number of amides is 2. The molecule has 4 rings (SSSR count). The maximum atomic E-state index is 13.4. The number of alkyl halides is 3. The zero-order valence-electron chi connectivity index (χ0n) is 16.7. The van der Waals surface area contributed by atoms with Crippen LogP contribution in [-0.4, -0.2) is 55.1 Å². The van der Waals surface area contributed by atoms with Crippen LogP contribution in [0.3, 0.4) is 0 Å². The Balaban J connectivity index is 1.79. The molecule has 3 saturated heterocycles. The smallest absolute Gasteiger partial charge is 0.365 e. The minimum Gasteiger partial charge on any atom is -0.365 e. The molecule has 4 atom stereocenters. The zero-order valence-corrected chi connectivity index (χ0v) is 17.5. The van der Waals surface area contributed by atoms with Crippen molar-refractivity contribution in [2.45, 2.75) is 31.2 Å². The van der Waals surface area contributed by atoms with Gasteiger partial charge in [-0.2, -0.15) is 22.7 Å². The number of carbonyl (C=O) groups is 2. The first-order valence-electron chi connectivity index (χ1n) is 9.27. The number of anilines is 1. The van der Waals surface area contributed by atoms with Gasteiger partial charge in [0, 0.05) is 13.1 Å². The van der Waals surface area contributed by atoms with Crippen LogP contribution >= 0.6 is 0 Å². The Bertz CT molecular complexity index is 1130. The number of hydrogen-bond acceptors (Lipinski definition) is 6. The number of sulfonamides is 1. The van der Waals surface area contributed by atoms with Crippen molar-refractivity contribution in [1.29, 1.82) is 5.26 Å². The Kier molecular flexibility index (Phi) is 4.40. The summed E-state index contributed by atoms with van der Waals surface area (Å²) >= 11 is 0. The van der Waals surface area contributed by atoms with Crippen molar-refractivity contribution >= 4 is 27.5 Å². The standard InChI is InChI=1S/C19H18F3N3O5S/c1-17-8-24(31(3,28)29)9-18(2,30-17)14-13(17)15(26)25(16(14)27)11-5-4-10(7-23)12(6-11)19(20,21)22/h4-6,13-14H,8-9H2,1-3H3/t13-,14+,17?,18?. The summed E-state index contributed by atoms with van der Waals surface area (Å²) in [5.41, 5.74) is -4.80. The highest BCUT2D eigenvalue weighted by atomic mass is 32.2. The number of ether oxygens (including phenoxy) is 1. The molecule has 0 aliphatic carbocycles. The molecule has 3 aliphatic rings. The molecule has 1 aromatic rings. The van der Waals surface area contributed by atoms with Gasteiger partial charge in [0.2, 0.25) is 21.8 Å². The fourth-order valence-electron chi connectivity index (χ4n) is 5.07. The van der Waals surface area contributed by atoms with Crippen molar-refractivity contribution in [3.8, 4) is 6.07 Å². The molecule has 166 valence electrons. The molecule has 3 heterocycles. The van der Waals surface area contributed by atoms with E-state index in [1.165, 1.54) is 19.9 Å². The van der Waals surface area contributed by atoms with E-state index in [1.807, 2.05) is 0 Å². The molecule has 0 saturated carbocycles. The molecule has 2 amide bonds. The number of morpholine rings is 1. The van der Waals surface area contributed by atoms with Crippen LogP contribution in [0.4, 0.5) is 18.9 Å². The molecule has 31 heavy (non-hydrogen) atoms. The number of halogens is 3. The lowest BCUT2D eigenvalue weighted by atomic mass is 9.79. The van der Waals surface area contributed by atoms with E-state index in [-0.39, 0.29) is 18.8 Å². The molecule has 3 aliphatic heterocycles. The van der Waals surface area contributed by atoms with E-state index in [4.69, 9.17) is 10.00 Å². The number of imide groups is 1. The van der Waals surface area contributed by atoms with Gasteiger partial charge in [-0.3, -0.25) is 9.59 Å². The van der Waals surface area contributed by atoms with Crippen LogP contribution < -0.4 is 4.90 Å². The van der Waals surface area contributed by atoms with Crippen molar-refractivity contribution in [3.05, 3.63) is 29.3 Å². The van der Waals surface area contributed by atoms with Crippen molar-refractivity contribution < 1.29 is 35.9 Å². The van der Waals surface area contributed by atoms with Gasteiger partial charge in [-0.25, -0.2) is 13.3 Å². The van der Waals surface area contributed by atoms with Gasteiger partial charge in [0.1, 0.15) is 0 Å². The topological polar surface area (TPSA) is 108 Å².